The summed E-state index contributed by atoms with van der Waals surface area (Å²) < 4.78 is 28.9. The molecule has 0 aliphatic carbocycles. The van der Waals surface area contributed by atoms with Crippen molar-refractivity contribution in [3.05, 3.63) is 58.3 Å². The zero-order chi connectivity index (χ0) is 17.3. The predicted octanol–water partition coefficient (Wildman–Crippen LogP) is 3.63. The van der Waals surface area contributed by atoms with Crippen LogP contribution in [0.5, 0.6) is 0 Å². The molecule has 8 heteroatoms. The molecular formula is C16H15Cl2N3O2S. The third kappa shape index (κ3) is 3.57. The molecule has 1 heterocycles. The maximum Gasteiger partial charge on any atom is 0.240 e. The molecular weight excluding hydrogens is 369 g/mol. The molecule has 1 N–H and O–H groups in total. The summed E-state index contributed by atoms with van der Waals surface area (Å²) >= 11 is 12.2. The standard InChI is InChI=1S/C16H15Cl2N3O2S/c1-11-2-4-13(5-3-11)24(22,23)20-6-7-21-10-19-15-9-12(17)8-14(18)16(15)21/h2-5,8-10,20H,6-7H2,1H3. The van der Waals surface area contributed by atoms with Gasteiger partial charge in [-0.1, -0.05) is 40.9 Å². The molecule has 3 rings (SSSR count). The zero-order valence-electron chi connectivity index (χ0n) is 12.8. The van der Waals surface area contributed by atoms with E-state index >= 15 is 0 Å². The molecule has 0 amide bonds. The van der Waals surface area contributed by atoms with Crippen LogP contribution in [0, 0.1) is 6.92 Å². The lowest BCUT2D eigenvalue weighted by molar-refractivity contribution is 0.574. The molecule has 0 saturated carbocycles. The van der Waals surface area contributed by atoms with Gasteiger partial charge >= 0.3 is 0 Å². The fraction of sp³-hybridized carbons (Fsp3) is 0.188. The van der Waals surface area contributed by atoms with E-state index in [2.05, 4.69) is 9.71 Å². The second-order valence-corrected chi connectivity index (χ2v) is 8.01. The maximum atomic E-state index is 12.3. The van der Waals surface area contributed by atoms with E-state index in [1.807, 2.05) is 6.92 Å². The van der Waals surface area contributed by atoms with Crippen LogP contribution in [-0.4, -0.2) is 24.5 Å². The number of nitrogens with zero attached hydrogens (tertiary/aromatic N) is 2. The highest BCUT2D eigenvalue weighted by molar-refractivity contribution is 7.89. The van der Waals surface area contributed by atoms with Gasteiger partial charge in [0.05, 0.1) is 27.3 Å². The van der Waals surface area contributed by atoms with Gasteiger partial charge in [0.15, 0.2) is 0 Å². The number of halogens is 2. The maximum absolute atomic E-state index is 12.3. The van der Waals surface area contributed by atoms with E-state index in [1.165, 1.54) is 0 Å². The number of sulfonamides is 1. The molecule has 0 fully saturated rings. The van der Waals surface area contributed by atoms with Crippen molar-refractivity contribution in [2.45, 2.75) is 18.4 Å². The molecule has 0 unspecified atom stereocenters. The normalized spacial score (nSPS) is 12.0. The Balaban J connectivity index is 1.74. The number of hydrogen-bond donors (Lipinski definition) is 1. The summed E-state index contributed by atoms with van der Waals surface area (Å²) in [6.07, 6.45) is 1.62. The summed E-state index contributed by atoms with van der Waals surface area (Å²) in [4.78, 5) is 4.48. The Morgan fingerprint density at radius 2 is 1.88 bits per heavy atom. The Labute approximate surface area is 150 Å². The first-order valence-corrected chi connectivity index (χ1v) is 9.47. The van der Waals surface area contributed by atoms with E-state index in [-0.39, 0.29) is 11.4 Å². The van der Waals surface area contributed by atoms with Gasteiger partial charge in [0, 0.05) is 18.1 Å². The quantitative estimate of drug-likeness (QED) is 0.731. The number of imidazole rings is 1. The van der Waals surface area contributed by atoms with Crippen molar-refractivity contribution < 1.29 is 8.42 Å². The molecule has 0 spiro atoms. The molecule has 126 valence electrons. The van der Waals surface area contributed by atoms with Crippen molar-refractivity contribution in [3.8, 4) is 0 Å². The van der Waals surface area contributed by atoms with Gasteiger partial charge in [0.2, 0.25) is 10.0 Å². The highest BCUT2D eigenvalue weighted by atomic mass is 35.5. The van der Waals surface area contributed by atoms with Gasteiger partial charge in [-0.15, -0.1) is 0 Å². The van der Waals surface area contributed by atoms with E-state index in [0.29, 0.717) is 22.1 Å². The first-order chi connectivity index (χ1) is 11.4. The molecule has 0 radical (unpaired) electrons. The lowest BCUT2D eigenvalue weighted by Gasteiger charge is -2.09. The van der Waals surface area contributed by atoms with Crippen LogP contribution in [0.1, 0.15) is 5.56 Å². The van der Waals surface area contributed by atoms with Crippen LogP contribution >= 0.6 is 23.2 Å². The smallest absolute Gasteiger partial charge is 0.240 e. The van der Waals surface area contributed by atoms with Gasteiger partial charge in [-0.25, -0.2) is 18.1 Å². The molecule has 3 aromatic rings. The van der Waals surface area contributed by atoms with Crippen LogP contribution < -0.4 is 4.72 Å². The van der Waals surface area contributed by atoms with Gasteiger partial charge < -0.3 is 4.57 Å². The highest BCUT2D eigenvalue weighted by Gasteiger charge is 2.14. The van der Waals surface area contributed by atoms with E-state index in [1.54, 1.807) is 47.3 Å². The number of nitrogens with one attached hydrogen (secondary N) is 1. The summed E-state index contributed by atoms with van der Waals surface area (Å²) in [5.74, 6) is 0. The van der Waals surface area contributed by atoms with Crippen molar-refractivity contribution >= 4 is 44.3 Å². The van der Waals surface area contributed by atoms with Crippen molar-refractivity contribution in [3.63, 3.8) is 0 Å². The minimum Gasteiger partial charge on any atom is -0.328 e. The molecule has 0 aliphatic rings. The third-order valence-electron chi connectivity index (χ3n) is 3.61. The van der Waals surface area contributed by atoms with Crippen molar-refractivity contribution in [1.82, 2.24) is 14.3 Å². The number of aryl methyl sites for hydroxylation is 1. The molecule has 0 bridgehead atoms. The van der Waals surface area contributed by atoms with Crippen LogP contribution in [0.15, 0.2) is 47.6 Å². The summed E-state index contributed by atoms with van der Waals surface area (Å²) in [6, 6.07) is 10.1. The third-order valence-corrected chi connectivity index (χ3v) is 5.59. The molecule has 0 saturated heterocycles. The Bertz CT molecular complexity index is 982. The lowest BCUT2D eigenvalue weighted by Crippen LogP contribution is -2.27. The summed E-state index contributed by atoms with van der Waals surface area (Å²) in [7, 11) is -3.54. The van der Waals surface area contributed by atoms with Crippen LogP contribution in [-0.2, 0) is 16.6 Å². The minimum atomic E-state index is -3.54. The summed E-state index contributed by atoms with van der Waals surface area (Å²) in [5, 5.41) is 0.995. The monoisotopic (exact) mass is 383 g/mol. The van der Waals surface area contributed by atoms with Crippen LogP contribution in [0.4, 0.5) is 0 Å². The van der Waals surface area contributed by atoms with Crippen LogP contribution in [0.3, 0.4) is 0 Å². The Hall–Kier alpha value is -1.60. The van der Waals surface area contributed by atoms with Gasteiger partial charge in [0.25, 0.3) is 0 Å². The van der Waals surface area contributed by atoms with Gasteiger partial charge in [-0.3, -0.25) is 0 Å². The Morgan fingerprint density at radius 3 is 2.58 bits per heavy atom. The van der Waals surface area contributed by atoms with Crippen molar-refractivity contribution in [2.75, 3.05) is 6.54 Å². The Morgan fingerprint density at radius 1 is 1.17 bits per heavy atom. The fourth-order valence-electron chi connectivity index (χ4n) is 2.40. The van der Waals surface area contributed by atoms with E-state index < -0.39 is 10.0 Å². The van der Waals surface area contributed by atoms with Crippen LogP contribution in [0.2, 0.25) is 10.0 Å². The number of aromatic nitrogens is 2. The minimum absolute atomic E-state index is 0.223. The fourth-order valence-corrected chi connectivity index (χ4v) is 4.01. The molecule has 0 aliphatic heterocycles. The summed E-state index contributed by atoms with van der Waals surface area (Å²) in [6.45, 7) is 2.54. The SMILES string of the molecule is Cc1ccc(S(=O)(=O)NCCn2cnc3cc(Cl)cc(Cl)c32)cc1. The predicted molar refractivity (Wildman–Crippen MR) is 96.1 cm³/mol. The first kappa shape index (κ1) is 17.2. The van der Waals surface area contributed by atoms with Gasteiger partial charge in [-0.2, -0.15) is 0 Å². The van der Waals surface area contributed by atoms with E-state index in [4.69, 9.17) is 23.2 Å². The summed E-state index contributed by atoms with van der Waals surface area (Å²) in [5.41, 5.74) is 2.41. The number of fused-ring (bicyclic) bond motifs is 1. The highest BCUT2D eigenvalue weighted by Crippen LogP contribution is 2.27. The average Bonchev–Trinajstić information content (AvgIpc) is 2.90. The molecule has 24 heavy (non-hydrogen) atoms. The molecule has 0 atom stereocenters. The number of benzene rings is 2. The second-order valence-electron chi connectivity index (χ2n) is 5.40. The van der Waals surface area contributed by atoms with Gasteiger partial charge in [0.1, 0.15) is 0 Å². The van der Waals surface area contributed by atoms with Crippen molar-refractivity contribution in [1.29, 1.82) is 0 Å². The average molecular weight is 384 g/mol. The lowest BCUT2D eigenvalue weighted by atomic mass is 10.2. The molecule has 1 aromatic heterocycles. The topological polar surface area (TPSA) is 64.0 Å². The molecule has 2 aromatic carbocycles. The largest absolute Gasteiger partial charge is 0.328 e. The Kier molecular flexibility index (Phi) is 4.83. The van der Waals surface area contributed by atoms with Gasteiger partial charge in [-0.05, 0) is 31.2 Å². The zero-order valence-corrected chi connectivity index (χ0v) is 15.2. The molecule has 5 nitrogen and oxygen atoms in total. The van der Waals surface area contributed by atoms with E-state index in [0.717, 1.165) is 11.1 Å². The van der Waals surface area contributed by atoms with E-state index in [9.17, 15) is 8.42 Å². The first-order valence-electron chi connectivity index (χ1n) is 7.23. The second kappa shape index (κ2) is 6.72. The number of hydrogen-bond acceptors (Lipinski definition) is 3. The number of rotatable bonds is 5. The van der Waals surface area contributed by atoms with Crippen molar-refractivity contribution in [2.24, 2.45) is 0 Å². The van der Waals surface area contributed by atoms with Crippen LogP contribution in [0.25, 0.3) is 11.0 Å².